The average Bonchev–Trinajstić information content (AvgIpc) is 2.48. The first-order valence-corrected chi connectivity index (χ1v) is 6.70. The first-order valence-electron chi connectivity index (χ1n) is 6.70. The van der Waals surface area contributed by atoms with Crippen molar-refractivity contribution in [1.82, 2.24) is 9.97 Å². The predicted molar refractivity (Wildman–Crippen MR) is 79.3 cm³/mol. The van der Waals surface area contributed by atoms with E-state index in [4.69, 9.17) is 4.74 Å². The average molecular weight is 270 g/mol. The molecule has 5 nitrogen and oxygen atoms in total. The highest BCUT2D eigenvalue weighted by Crippen LogP contribution is 2.29. The van der Waals surface area contributed by atoms with E-state index >= 15 is 0 Å². The summed E-state index contributed by atoms with van der Waals surface area (Å²) in [4.78, 5) is 13.1. The summed E-state index contributed by atoms with van der Waals surface area (Å²) in [7, 11) is 4.01. The van der Waals surface area contributed by atoms with Gasteiger partial charge in [0.25, 0.3) is 0 Å². The number of benzene rings is 1. The van der Waals surface area contributed by atoms with E-state index in [0.717, 1.165) is 18.8 Å². The van der Waals surface area contributed by atoms with Gasteiger partial charge in [-0.15, -0.1) is 0 Å². The highest BCUT2D eigenvalue weighted by Gasteiger charge is 2.18. The van der Waals surface area contributed by atoms with Crippen LogP contribution in [0.5, 0.6) is 5.88 Å². The molecule has 1 aromatic carbocycles. The van der Waals surface area contributed by atoms with E-state index in [9.17, 15) is 0 Å². The van der Waals surface area contributed by atoms with Crippen molar-refractivity contribution in [3.8, 4) is 5.88 Å². The lowest BCUT2D eigenvalue weighted by molar-refractivity contribution is 0.298. The highest BCUT2D eigenvalue weighted by atomic mass is 16.5. The summed E-state index contributed by atoms with van der Waals surface area (Å²) < 4.78 is 5.62. The minimum Gasteiger partial charge on any atom is -0.474 e. The fourth-order valence-electron chi connectivity index (χ4n) is 2.23. The van der Waals surface area contributed by atoms with Gasteiger partial charge in [0.2, 0.25) is 11.8 Å². The number of rotatable bonds is 3. The largest absolute Gasteiger partial charge is 0.474 e. The van der Waals surface area contributed by atoms with Gasteiger partial charge in [-0.25, -0.2) is 4.98 Å². The Hall–Kier alpha value is -2.30. The number of ether oxygens (including phenoxy) is 1. The van der Waals surface area contributed by atoms with Crippen LogP contribution in [0.15, 0.2) is 36.5 Å². The molecule has 0 radical (unpaired) electrons. The quantitative estimate of drug-likeness (QED) is 0.852. The molecule has 2 aromatic rings. The molecule has 5 heteroatoms. The smallest absolute Gasteiger partial charge is 0.242 e. The molecule has 1 aromatic heterocycles. The first kappa shape index (κ1) is 12.7. The Morgan fingerprint density at radius 3 is 2.90 bits per heavy atom. The van der Waals surface area contributed by atoms with Crippen molar-refractivity contribution in [3.63, 3.8) is 0 Å². The van der Waals surface area contributed by atoms with Crippen molar-refractivity contribution in [1.29, 1.82) is 0 Å². The summed E-state index contributed by atoms with van der Waals surface area (Å²) in [6, 6.07) is 10.3. The second-order valence-corrected chi connectivity index (χ2v) is 4.97. The fourth-order valence-corrected chi connectivity index (χ4v) is 2.23. The molecule has 0 bridgehead atoms. The van der Waals surface area contributed by atoms with Crippen LogP contribution < -0.4 is 14.5 Å². The van der Waals surface area contributed by atoms with Gasteiger partial charge >= 0.3 is 0 Å². The molecule has 104 valence electrons. The zero-order valence-electron chi connectivity index (χ0n) is 11.8. The summed E-state index contributed by atoms with van der Waals surface area (Å²) in [5, 5.41) is 0. The number of likely N-dealkylation sites (N-methyl/N-ethyl adjacent to an activating group) is 1. The van der Waals surface area contributed by atoms with Crippen LogP contribution in [0.4, 0.5) is 11.6 Å². The summed E-state index contributed by atoms with van der Waals surface area (Å²) in [5.74, 6) is 1.35. The molecular weight excluding hydrogens is 252 g/mol. The molecule has 0 fully saturated rings. The summed E-state index contributed by atoms with van der Waals surface area (Å²) in [6.45, 7) is 2.31. The van der Waals surface area contributed by atoms with Gasteiger partial charge in [0, 0.05) is 20.6 Å². The third kappa shape index (κ3) is 2.52. The maximum atomic E-state index is 5.62. The lowest BCUT2D eigenvalue weighted by Crippen LogP contribution is -2.30. The van der Waals surface area contributed by atoms with Crippen LogP contribution in [0.2, 0.25) is 0 Å². The van der Waals surface area contributed by atoms with Crippen LogP contribution in [0.3, 0.4) is 0 Å². The Morgan fingerprint density at radius 1 is 1.30 bits per heavy atom. The minimum absolute atomic E-state index is 0.669. The van der Waals surface area contributed by atoms with Crippen molar-refractivity contribution in [2.45, 2.75) is 6.54 Å². The van der Waals surface area contributed by atoms with Crippen molar-refractivity contribution < 1.29 is 4.74 Å². The van der Waals surface area contributed by atoms with Gasteiger partial charge in [-0.3, -0.25) is 0 Å². The zero-order valence-corrected chi connectivity index (χ0v) is 11.8. The summed E-state index contributed by atoms with van der Waals surface area (Å²) in [5.41, 5.74) is 2.18. The molecule has 0 spiro atoms. The van der Waals surface area contributed by atoms with Crippen molar-refractivity contribution in [2.75, 3.05) is 37.0 Å². The molecule has 0 saturated carbocycles. The zero-order chi connectivity index (χ0) is 13.9. The molecule has 0 saturated heterocycles. The number of anilines is 2. The fraction of sp³-hybridized carbons (Fsp3) is 0.333. The van der Waals surface area contributed by atoms with E-state index in [1.54, 1.807) is 0 Å². The minimum atomic E-state index is 0.669. The van der Waals surface area contributed by atoms with Gasteiger partial charge in [0.05, 0.1) is 12.7 Å². The lowest BCUT2D eigenvalue weighted by Gasteiger charge is -2.27. The molecule has 0 unspecified atom stereocenters. The van der Waals surface area contributed by atoms with Crippen molar-refractivity contribution >= 4 is 11.6 Å². The van der Waals surface area contributed by atoms with Crippen LogP contribution in [-0.2, 0) is 6.54 Å². The highest BCUT2D eigenvalue weighted by molar-refractivity contribution is 5.56. The van der Waals surface area contributed by atoms with E-state index in [0.29, 0.717) is 18.4 Å². The Labute approximate surface area is 118 Å². The van der Waals surface area contributed by atoms with Crippen molar-refractivity contribution in [3.05, 3.63) is 42.1 Å². The molecule has 0 atom stereocenters. The molecule has 3 rings (SSSR count). The lowest BCUT2D eigenvalue weighted by atomic mass is 10.2. The van der Waals surface area contributed by atoms with E-state index in [1.165, 1.54) is 5.56 Å². The summed E-state index contributed by atoms with van der Waals surface area (Å²) in [6.07, 6.45) is 1.83. The van der Waals surface area contributed by atoms with E-state index in [-0.39, 0.29) is 0 Å². The van der Waals surface area contributed by atoms with Gasteiger partial charge in [0.1, 0.15) is 12.3 Å². The van der Waals surface area contributed by atoms with Crippen molar-refractivity contribution in [2.24, 2.45) is 0 Å². The molecule has 0 amide bonds. The number of hydrogen-bond donors (Lipinski definition) is 0. The standard InChI is InChI=1S/C15H18N4O/c1-18-8-9-20-14-13(18)10-16-15(17-14)19(2)11-12-6-4-3-5-7-12/h3-7,10H,8-9,11H2,1-2H3. The second-order valence-electron chi connectivity index (χ2n) is 4.97. The number of nitrogens with zero attached hydrogens (tertiary/aromatic N) is 4. The molecule has 0 N–H and O–H groups in total. The maximum absolute atomic E-state index is 5.62. The first-order chi connectivity index (χ1) is 9.74. The van der Waals surface area contributed by atoms with E-state index in [2.05, 4.69) is 27.0 Å². The molecule has 1 aliphatic rings. The third-order valence-corrected chi connectivity index (χ3v) is 3.40. The normalized spacial score (nSPS) is 13.6. The molecular formula is C15H18N4O. The van der Waals surface area contributed by atoms with Gasteiger partial charge in [-0.1, -0.05) is 30.3 Å². The SMILES string of the molecule is CN(Cc1ccccc1)c1ncc2c(n1)OCCN2C. The number of hydrogen-bond acceptors (Lipinski definition) is 5. The molecule has 2 heterocycles. The predicted octanol–water partition coefficient (Wildman–Crippen LogP) is 1.94. The Balaban J connectivity index is 1.80. The topological polar surface area (TPSA) is 41.5 Å². The Bertz CT molecular complexity index is 588. The van der Waals surface area contributed by atoms with Crippen LogP contribution >= 0.6 is 0 Å². The van der Waals surface area contributed by atoms with Crippen LogP contribution in [-0.4, -0.2) is 37.2 Å². The molecule has 1 aliphatic heterocycles. The van der Waals surface area contributed by atoms with E-state index < -0.39 is 0 Å². The number of fused-ring (bicyclic) bond motifs is 1. The van der Waals surface area contributed by atoms with Gasteiger partial charge in [0.15, 0.2) is 0 Å². The van der Waals surface area contributed by atoms with Gasteiger partial charge in [-0.05, 0) is 5.56 Å². The van der Waals surface area contributed by atoms with E-state index in [1.807, 2.05) is 43.4 Å². The van der Waals surface area contributed by atoms with Gasteiger partial charge < -0.3 is 14.5 Å². The van der Waals surface area contributed by atoms with Crippen LogP contribution in [0.1, 0.15) is 5.56 Å². The second kappa shape index (κ2) is 5.36. The van der Waals surface area contributed by atoms with Gasteiger partial charge in [-0.2, -0.15) is 4.98 Å². The summed E-state index contributed by atoms with van der Waals surface area (Å²) >= 11 is 0. The number of aromatic nitrogens is 2. The monoisotopic (exact) mass is 270 g/mol. The maximum Gasteiger partial charge on any atom is 0.242 e. The molecule has 0 aliphatic carbocycles. The Kier molecular flexibility index (Phi) is 3.41. The van der Waals surface area contributed by atoms with Crippen LogP contribution in [0.25, 0.3) is 0 Å². The molecule has 20 heavy (non-hydrogen) atoms. The third-order valence-electron chi connectivity index (χ3n) is 3.40. The van der Waals surface area contributed by atoms with Crippen LogP contribution in [0, 0.1) is 0 Å². The Morgan fingerprint density at radius 2 is 2.10 bits per heavy atom.